The van der Waals surface area contributed by atoms with Crippen LogP contribution in [0.4, 0.5) is 11.4 Å². The van der Waals surface area contributed by atoms with Crippen molar-refractivity contribution in [3.63, 3.8) is 0 Å². The molecule has 152 valence electrons. The Morgan fingerprint density at radius 2 is 1.76 bits per heavy atom. The van der Waals surface area contributed by atoms with E-state index in [-0.39, 0.29) is 29.5 Å². The third-order valence-corrected chi connectivity index (χ3v) is 4.83. The molecule has 0 radical (unpaired) electrons. The van der Waals surface area contributed by atoms with Crippen LogP contribution in [0.2, 0.25) is 0 Å². The molecule has 9 nitrogen and oxygen atoms in total. The first kappa shape index (κ1) is 20.1. The number of aromatic hydroxyl groups is 1. The Hall–Kier alpha value is -3.62. The molecule has 0 bridgehead atoms. The molecule has 0 spiro atoms. The second-order valence-electron chi connectivity index (χ2n) is 6.72. The number of carbonyl (C=O) groups is 2. The first-order valence-corrected chi connectivity index (χ1v) is 9.09. The van der Waals surface area contributed by atoms with Crippen LogP contribution in [0.5, 0.6) is 5.75 Å². The second kappa shape index (κ2) is 8.59. The molecule has 9 heteroatoms. The molecule has 1 fully saturated rings. The summed E-state index contributed by atoms with van der Waals surface area (Å²) >= 11 is 0. The summed E-state index contributed by atoms with van der Waals surface area (Å²) < 4.78 is 5.07. The largest absolute Gasteiger partial charge is 0.508 e. The Morgan fingerprint density at radius 3 is 2.34 bits per heavy atom. The summed E-state index contributed by atoms with van der Waals surface area (Å²) in [5.74, 6) is -0.968. The number of hydrogen-bond donors (Lipinski definition) is 1. The molecule has 0 aromatic heterocycles. The van der Waals surface area contributed by atoms with Gasteiger partial charge in [-0.2, -0.15) is 0 Å². The number of phenols is 1. The summed E-state index contributed by atoms with van der Waals surface area (Å²) in [6.07, 6.45) is 0. The van der Waals surface area contributed by atoms with Crippen LogP contribution in [0.15, 0.2) is 42.5 Å². The van der Waals surface area contributed by atoms with Gasteiger partial charge in [0.1, 0.15) is 5.75 Å². The van der Waals surface area contributed by atoms with Gasteiger partial charge in [-0.25, -0.2) is 4.79 Å². The Labute approximate surface area is 167 Å². The summed E-state index contributed by atoms with van der Waals surface area (Å²) in [7, 11) is 0. The van der Waals surface area contributed by atoms with Crippen LogP contribution in [0, 0.1) is 17.0 Å². The maximum absolute atomic E-state index is 12.3. The Bertz CT molecular complexity index is 920. The van der Waals surface area contributed by atoms with E-state index in [9.17, 15) is 24.8 Å². The lowest BCUT2D eigenvalue weighted by atomic mass is 10.1. The van der Waals surface area contributed by atoms with E-state index in [1.807, 2.05) is 4.90 Å². The summed E-state index contributed by atoms with van der Waals surface area (Å²) in [6, 6.07) is 10.7. The molecule has 2 aromatic rings. The molecule has 1 saturated heterocycles. The standard InChI is InChI=1S/C20H21N3O6/c1-14-2-3-15(12-18(14)24)20(26)29-13-19(25)22-10-8-21(9-11-22)16-4-6-17(7-5-16)23(27)28/h2-7,12,24H,8-11,13H2,1H3. The molecule has 2 aromatic carbocycles. The monoisotopic (exact) mass is 399 g/mol. The molecule has 1 aliphatic rings. The number of amides is 1. The van der Waals surface area contributed by atoms with Crippen molar-refractivity contribution in [2.75, 3.05) is 37.7 Å². The normalized spacial score (nSPS) is 13.8. The molecule has 1 aliphatic heterocycles. The smallest absolute Gasteiger partial charge is 0.338 e. The van der Waals surface area contributed by atoms with Gasteiger partial charge in [0, 0.05) is 44.0 Å². The highest BCUT2D eigenvalue weighted by Gasteiger charge is 2.23. The SMILES string of the molecule is Cc1ccc(C(=O)OCC(=O)N2CCN(c3ccc([N+](=O)[O-])cc3)CC2)cc1O. The fourth-order valence-electron chi connectivity index (χ4n) is 3.04. The number of ether oxygens (including phenoxy) is 1. The zero-order valence-electron chi connectivity index (χ0n) is 15.9. The number of nitrogens with zero attached hydrogens (tertiary/aromatic N) is 3. The number of carbonyl (C=O) groups excluding carboxylic acids is 2. The number of piperazine rings is 1. The van der Waals surface area contributed by atoms with Crippen LogP contribution in [0.1, 0.15) is 15.9 Å². The molecule has 0 atom stereocenters. The van der Waals surface area contributed by atoms with Crippen molar-refractivity contribution in [3.8, 4) is 5.75 Å². The number of non-ortho nitro benzene ring substituents is 1. The maximum Gasteiger partial charge on any atom is 0.338 e. The molecular formula is C20H21N3O6. The number of aryl methyl sites for hydroxylation is 1. The first-order chi connectivity index (χ1) is 13.8. The first-order valence-electron chi connectivity index (χ1n) is 9.09. The van der Waals surface area contributed by atoms with Gasteiger partial charge in [-0.1, -0.05) is 6.07 Å². The Balaban J connectivity index is 1.49. The highest BCUT2D eigenvalue weighted by Crippen LogP contribution is 2.21. The lowest BCUT2D eigenvalue weighted by Crippen LogP contribution is -2.49. The summed E-state index contributed by atoms with van der Waals surface area (Å²) in [4.78, 5) is 38.3. The minimum atomic E-state index is -0.668. The molecule has 1 N–H and O–H groups in total. The molecule has 1 amide bonds. The van der Waals surface area contributed by atoms with Gasteiger partial charge in [0.05, 0.1) is 10.5 Å². The van der Waals surface area contributed by atoms with Gasteiger partial charge in [0.2, 0.25) is 0 Å². The van der Waals surface area contributed by atoms with Gasteiger partial charge in [0.25, 0.3) is 11.6 Å². The molecule has 29 heavy (non-hydrogen) atoms. The number of nitro groups is 1. The summed E-state index contributed by atoms with van der Waals surface area (Å²) in [6.45, 7) is 3.40. The van der Waals surface area contributed by atoms with Gasteiger partial charge in [-0.3, -0.25) is 14.9 Å². The average Bonchev–Trinajstić information content (AvgIpc) is 2.74. The van der Waals surface area contributed by atoms with Gasteiger partial charge in [-0.05, 0) is 36.8 Å². The highest BCUT2D eigenvalue weighted by molar-refractivity contribution is 5.91. The molecular weight excluding hydrogens is 378 g/mol. The minimum absolute atomic E-state index is 0.00635. The van der Waals surface area contributed by atoms with Gasteiger partial charge in [0.15, 0.2) is 6.61 Å². The van der Waals surface area contributed by atoms with E-state index < -0.39 is 10.9 Å². The fourth-order valence-corrected chi connectivity index (χ4v) is 3.04. The van der Waals surface area contributed by atoms with Crippen LogP contribution in [0.25, 0.3) is 0 Å². The minimum Gasteiger partial charge on any atom is -0.508 e. The lowest BCUT2D eigenvalue weighted by Gasteiger charge is -2.36. The number of nitro benzene ring substituents is 1. The molecule has 1 heterocycles. The predicted molar refractivity (Wildman–Crippen MR) is 105 cm³/mol. The van der Waals surface area contributed by atoms with E-state index in [0.717, 1.165) is 5.69 Å². The van der Waals surface area contributed by atoms with Crippen LogP contribution in [0.3, 0.4) is 0 Å². The number of hydrogen-bond acceptors (Lipinski definition) is 7. The van der Waals surface area contributed by atoms with Gasteiger partial charge in [-0.15, -0.1) is 0 Å². The van der Waals surface area contributed by atoms with E-state index in [1.165, 1.54) is 24.3 Å². The lowest BCUT2D eigenvalue weighted by molar-refractivity contribution is -0.384. The molecule has 0 saturated carbocycles. The Morgan fingerprint density at radius 1 is 1.10 bits per heavy atom. The van der Waals surface area contributed by atoms with E-state index in [4.69, 9.17) is 4.74 Å². The van der Waals surface area contributed by atoms with Crippen LogP contribution in [-0.4, -0.2) is 59.6 Å². The van der Waals surface area contributed by atoms with Crippen LogP contribution < -0.4 is 4.90 Å². The van der Waals surface area contributed by atoms with Gasteiger partial charge < -0.3 is 19.6 Å². The van der Waals surface area contributed by atoms with E-state index in [0.29, 0.717) is 31.7 Å². The van der Waals surface area contributed by atoms with Crippen molar-refractivity contribution in [2.24, 2.45) is 0 Å². The van der Waals surface area contributed by atoms with Crippen LogP contribution >= 0.6 is 0 Å². The molecule has 3 rings (SSSR count). The van der Waals surface area contributed by atoms with E-state index >= 15 is 0 Å². The highest BCUT2D eigenvalue weighted by atomic mass is 16.6. The summed E-state index contributed by atoms with van der Waals surface area (Å²) in [5.41, 5.74) is 1.71. The Kier molecular flexibility index (Phi) is 5.96. The average molecular weight is 399 g/mol. The van der Waals surface area contributed by atoms with Crippen molar-refractivity contribution in [1.82, 2.24) is 4.90 Å². The van der Waals surface area contributed by atoms with Crippen molar-refractivity contribution < 1.29 is 24.4 Å². The molecule has 0 unspecified atom stereocenters. The number of rotatable bonds is 5. The summed E-state index contributed by atoms with van der Waals surface area (Å²) in [5, 5.41) is 20.4. The number of anilines is 1. The quantitative estimate of drug-likeness (QED) is 0.465. The number of phenolic OH excluding ortho intramolecular Hbond substituents is 1. The zero-order chi connectivity index (χ0) is 21.0. The molecule has 0 aliphatic carbocycles. The van der Waals surface area contributed by atoms with Crippen LogP contribution in [-0.2, 0) is 9.53 Å². The third kappa shape index (κ3) is 4.81. The number of esters is 1. The van der Waals surface area contributed by atoms with Crippen molar-refractivity contribution >= 4 is 23.3 Å². The second-order valence-corrected chi connectivity index (χ2v) is 6.72. The third-order valence-electron chi connectivity index (χ3n) is 4.83. The van der Waals surface area contributed by atoms with E-state index in [1.54, 1.807) is 30.0 Å². The maximum atomic E-state index is 12.3. The van der Waals surface area contributed by atoms with E-state index in [2.05, 4.69) is 0 Å². The van der Waals surface area contributed by atoms with Gasteiger partial charge >= 0.3 is 5.97 Å². The van der Waals surface area contributed by atoms with Crippen molar-refractivity contribution in [3.05, 3.63) is 63.7 Å². The van der Waals surface area contributed by atoms with Crippen molar-refractivity contribution in [2.45, 2.75) is 6.92 Å². The number of benzene rings is 2. The van der Waals surface area contributed by atoms with Crippen molar-refractivity contribution in [1.29, 1.82) is 0 Å². The predicted octanol–water partition coefficient (Wildman–Crippen LogP) is 2.11. The zero-order valence-corrected chi connectivity index (χ0v) is 15.9. The fraction of sp³-hybridized carbons (Fsp3) is 0.300. The topological polar surface area (TPSA) is 113 Å².